The van der Waals surface area contributed by atoms with Gasteiger partial charge in [0, 0.05) is 32.0 Å². The summed E-state index contributed by atoms with van der Waals surface area (Å²) in [6.45, 7) is 4.29. The average Bonchev–Trinajstić information content (AvgIpc) is 3.07. The third kappa shape index (κ3) is 4.74. The minimum Gasteiger partial charge on any atom is -0.352 e. The van der Waals surface area contributed by atoms with Crippen molar-refractivity contribution in [3.05, 3.63) is 18.0 Å². The van der Waals surface area contributed by atoms with Crippen LogP contribution in [0.25, 0.3) is 0 Å². The molecule has 0 spiro atoms. The normalized spacial score (nSPS) is 19.2. The van der Waals surface area contributed by atoms with Gasteiger partial charge in [-0.2, -0.15) is 11.8 Å². The molecule has 0 saturated carbocycles. The highest BCUT2D eigenvalue weighted by Gasteiger charge is 2.21. The van der Waals surface area contributed by atoms with Gasteiger partial charge in [0.15, 0.2) is 0 Å². The molecule has 2 N–H and O–H groups in total. The van der Waals surface area contributed by atoms with E-state index in [1.165, 1.54) is 0 Å². The minimum absolute atomic E-state index is 0.365. The van der Waals surface area contributed by atoms with Gasteiger partial charge in [-0.3, -0.25) is 0 Å². The van der Waals surface area contributed by atoms with E-state index in [2.05, 4.69) is 17.0 Å². The molecule has 1 fully saturated rings. The van der Waals surface area contributed by atoms with E-state index in [0.29, 0.717) is 23.9 Å². The van der Waals surface area contributed by atoms with E-state index in [0.717, 1.165) is 36.6 Å². The second-order valence-electron chi connectivity index (χ2n) is 5.54. The Kier molecular flexibility index (Phi) is 6.16. The molecule has 1 atom stereocenters. The molecule has 1 unspecified atom stereocenters. The standard InChI is InChI=1S/C14H25N3O2S2/c1-3-5-15-9-13-7-14(10-17(13)2)21(18,19)16-8-12-4-6-20-11-12/h7,10,12,15-16H,3-6,8-9,11H2,1-2H3. The molecule has 0 amide bonds. The predicted octanol–water partition coefficient (Wildman–Crippen LogP) is 1.56. The van der Waals surface area contributed by atoms with Crippen LogP contribution in [-0.2, 0) is 23.6 Å². The largest absolute Gasteiger partial charge is 0.352 e. The van der Waals surface area contributed by atoms with Crippen molar-refractivity contribution < 1.29 is 8.42 Å². The van der Waals surface area contributed by atoms with Crippen molar-refractivity contribution in [1.29, 1.82) is 0 Å². The fourth-order valence-corrected chi connectivity index (χ4v) is 4.84. The lowest BCUT2D eigenvalue weighted by Gasteiger charge is -2.09. The van der Waals surface area contributed by atoms with Crippen LogP contribution in [0.15, 0.2) is 17.2 Å². The Morgan fingerprint density at radius 3 is 2.95 bits per heavy atom. The summed E-state index contributed by atoms with van der Waals surface area (Å²) in [6, 6.07) is 1.76. The van der Waals surface area contributed by atoms with Crippen LogP contribution in [0, 0.1) is 5.92 Å². The van der Waals surface area contributed by atoms with Crippen molar-refractivity contribution in [2.24, 2.45) is 13.0 Å². The number of sulfonamides is 1. The Balaban J connectivity index is 1.96. The molecule has 1 aliphatic rings. The number of rotatable bonds is 8. The number of nitrogens with zero attached hydrogens (tertiary/aromatic N) is 1. The lowest BCUT2D eigenvalue weighted by Crippen LogP contribution is -2.29. The Bertz CT molecular complexity index is 549. The molecular formula is C14H25N3O2S2. The maximum Gasteiger partial charge on any atom is 0.242 e. The van der Waals surface area contributed by atoms with E-state index in [4.69, 9.17) is 0 Å². The Labute approximate surface area is 131 Å². The minimum atomic E-state index is -3.39. The van der Waals surface area contributed by atoms with E-state index in [9.17, 15) is 8.42 Å². The van der Waals surface area contributed by atoms with Crippen LogP contribution < -0.4 is 10.0 Å². The summed E-state index contributed by atoms with van der Waals surface area (Å²) in [7, 11) is -1.50. The molecule has 21 heavy (non-hydrogen) atoms. The zero-order valence-corrected chi connectivity index (χ0v) is 14.4. The fourth-order valence-electron chi connectivity index (χ4n) is 2.35. The van der Waals surface area contributed by atoms with E-state index < -0.39 is 10.0 Å². The predicted molar refractivity (Wildman–Crippen MR) is 88.0 cm³/mol. The molecule has 1 aliphatic heterocycles. The number of hydrogen-bond acceptors (Lipinski definition) is 4. The molecule has 1 aromatic rings. The van der Waals surface area contributed by atoms with Crippen LogP contribution in [0.4, 0.5) is 0 Å². The first-order valence-electron chi connectivity index (χ1n) is 7.46. The summed E-state index contributed by atoms with van der Waals surface area (Å²) in [4.78, 5) is 0.365. The van der Waals surface area contributed by atoms with Crippen LogP contribution in [0.5, 0.6) is 0 Å². The highest BCUT2D eigenvalue weighted by Crippen LogP contribution is 2.23. The van der Waals surface area contributed by atoms with Crippen molar-refractivity contribution in [3.63, 3.8) is 0 Å². The highest BCUT2D eigenvalue weighted by molar-refractivity contribution is 7.99. The van der Waals surface area contributed by atoms with Crippen molar-refractivity contribution in [2.75, 3.05) is 24.6 Å². The van der Waals surface area contributed by atoms with Gasteiger partial charge in [0.25, 0.3) is 0 Å². The molecule has 7 heteroatoms. The van der Waals surface area contributed by atoms with Crippen LogP contribution in [0.3, 0.4) is 0 Å². The van der Waals surface area contributed by atoms with Gasteiger partial charge in [-0.1, -0.05) is 6.92 Å². The third-order valence-corrected chi connectivity index (χ3v) is 6.33. The number of aryl methyl sites for hydroxylation is 1. The molecule has 0 radical (unpaired) electrons. The van der Waals surface area contributed by atoms with Crippen LogP contribution >= 0.6 is 11.8 Å². The Morgan fingerprint density at radius 2 is 2.29 bits per heavy atom. The van der Waals surface area contributed by atoms with E-state index >= 15 is 0 Å². The summed E-state index contributed by atoms with van der Waals surface area (Å²) in [5.74, 6) is 2.67. The zero-order valence-electron chi connectivity index (χ0n) is 12.8. The molecule has 0 aliphatic carbocycles. The van der Waals surface area contributed by atoms with E-state index in [1.807, 2.05) is 23.4 Å². The molecule has 5 nitrogen and oxygen atoms in total. The smallest absolute Gasteiger partial charge is 0.242 e. The van der Waals surface area contributed by atoms with Crippen molar-refractivity contribution >= 4 is 21.8 Å². The van der Waals surface area contributed by atoms with Crippen molar-refractivity contribution in [3.8, 4) is 0 Å². The van der Waals surface area contributed by atoms with Crippen LogP contribution in [-0.4, -0.2) is 37.6 Å². The molecule has 1 saturated heterocycles. The third-order valence-electron chi connectivity index (χ3n) is 3.71. The maximum atomic E-state index is 12.3. The second kappa shape index (κ2) is 7.67. The molecule has 2 heterocycles. The quantitative estimate of drug-likeness (QED) is 0.710. The van der Waals surface area contributed by atoms with Gasteiger partial charge in [-0.25, -0.2) is 13.1 Å². The van der Waals surface area contributed by atoms with E-state index in [1.54, 1.807) is 12.3 Å². The van der Waals surface area contributed by atoms with Crippen LogP contribution in [0.1, 0.15) is 25.5 Å². The number of nitrogens with one attached hydrogen (secondary N) is 2. The summed E-state index contributed by atoms with van der Waals surface area (Å²) >= 11 is 1.90. The summed E-state index contributed by atoms with van der Waals surface area (Å²) in [5.41, 5.74) is 0.986. The molecule has 0 aromatic carbocycles. The van der Waals surface area contributed by atoms with Gasteiger partial charge >= 0.3 is 0 Å². The zero-order chi connectivity index (χ0) is 15.3. The average molecular weight is 332 g/mol. The molecule has 0 bridgehead atoms. The first kappa shape index (κ1) is 16.9. The fraction of sp³-hybridized carbons (Fsp3) is 0.714. The van der Waals surface area contributed by atoms with Gasteiger partial charge < -0.3 is 9.88 Å². The maximum absolute atomic E-state index is 12.3. The van der Waals surface area contributed by atoms with Crippen molar-refractivity contribution in [2.45, 2.75) is 31.2 Å². The Morgan fingerprint density at radius 1 is 1.48 bits per heavy atom. The van der Waals surface area contributed by atoms with Gasteiger partial charge in [-0.15, -0.1) is 0 Å². The lowest BCUT2D eigenvalue weighted by atomic mass is 10.1. The lowest BCUT2D eigenvalue weighted by molar-refractivity contribution is 0.545. The molecule has 2 rings (SSSR count). The summed E-state index contributed by atoms with van der Waals surface area (Å²) in [5, 5.41) is 3.29. The van der Waals surface area contributed by atoms with Gasteiger partial charge in [0.05, 0.1) is 4.90 Å². The topological polar surface area (TPSA) is 63.1 Å². The number of aromatic nitrogens is 1. The van der Waals surface area contributed by atoms with Crippen molar-refractivity contribution in [1.82, 2.24) is 14.6 Å². The van der Waals surface area contributed by atoms with Gasteiger partial charge in [0.2, 0.25) is 10.0 Å². The number of thioether (sulfide) groups is 1. The first-order valence-corrected chi connectivity index (χ1v) is 10.1. The second-order valence-corrected chi connectivity index (χ2v) is 8.45. The summed E-state index contributed by atoms with van der Waals surface area (Å²) < 4.78 is 29.3. The van der Waals surface area contributed by atoms with Crippen LogP contribution in [0.2, 0.25) is 0 Å². The summed E-state index contributed by atoms with van der Waals surface area (Å²) in [6.07, 6.45) is 3.86. The Hall–Kier alpha value is -0.500. The monoisotopic (exact) mass is 331 g/mol. The molecular weight excluding hydrogens is 306 g/mol. The molecule has 120 valence electrons. The molecule has 1 aromatic heterocycles. The first-order chi connectivity index (χ1) is 10.0. The van der Waals surface area contributed by atoms with Gasteiger partial charge in [0.1, 0.15) is 0 Å². The highest BCUT2D eigenvalue weighted by atomic mass is 32.2. The number of hydrogen-bond donors (Lipinski definition) is 2. The SMILES string of the molecule is CCCNCc1cc(S(=O)(=O)NCC2CCSC2)cn1C. The van der Waals surface area contributed by atoms with Gasteiger partial charge in [-0.05, 0) is 42.9 Å². The van der Waals surface area contributed by atoms with E-state index in [-0.39, 0.29) is 0 Å².